The number of allylic oxidation sites excluding steroid dienone is 1. The van der Waals surface area contributed by atoms with E-state index in [4.69, 9.17) is 0 Å². The van der Waals surface area contributed by atoms with Gasteiger partial charge in [-0.2, -0.15) is 0 Å². The largest absolute Gasteiger partial charge is 0.481 e. The van der Waals surface area contributed by atoms with Crippen LogP contribution in [-0.2, 0) is 11.2 Å². The van der Waals surface area contributed by atoms with Crippen LogP contribution in [0.25, 0.3) is 10.9 Å². The van der Waals surface area contributed by atoms with Crippen LogP contribution in [0, 0.1) is 5.92 Å². The number of carboxylic acids is 1. The molecule has 1 fully saturated rings. The molecule has 4 nitrogen and oxygen atoms in total. The lowest BCUT2D eigenvalue weighted by molar-refractivity contribution is -0.144. The second-order valence-corrected chi connectivity index (χ2v) is 6.62. The second kappa shape index (κ2) is 4.63. The minimum atomic E-state index is -0.697. The van der Waals surface area contributed by atoms with Gasteiger partial charge in [0.1, 0.15) is 0 Å². The van der Waals surface area contributed by atoms with Crippen molar-refractivity contribution in [2.45, 2.75) is 31.7 Å². The predicted octanol–water partition coefficient (Wildman–Crippen LogP) is 3.12. The summed E-state index contributed by atoms with van der Waals surface area (Å²) in [6.45, 7) is 6.63. The van der Waals surface area contributed by atoms with E-state index in [0.717, 1.165) is 17.6 Å². The lowest BCUT2D eigenvalue weighted by Crippen LogP contribution is -2.50. The number of fused-ring (bicyclic) bond motifs is 2. The Morgan fingerprint density at radius 3 is 3.00 bits per heavy atom. The molecule has 3 atom stereocenters. The molecule has 1 saturated heterocycles. The molecule has 0 amide bonds. The summed E-state index contributed by atoms with van der Waals surface area (Å²) in [5.74, 6) is -0.760. The molecule has 0 radical (unpaired) electrons. The summed E-state index contributed by atoms with van der Waals surface area (Å²) < 4.78 is 0. The van der Waals surface area contributed by atoms with Crippen molar-refractivity contribution in [2.24, 2.45) is 5.92 Å². The van der Waals surface area contributed by atoms with Gasteiger partial charge in [-0.25, -0.2) is 0 Å². The van der Waals surface area contributed by atoms with Gasteiger partial charge in [0.15, 0.2) is 0 Å². The average molecular weight is 296 g/mol. The van der Waals surface area contributed by atoms with Gasteiger partial charge in [0.05, 0.1) is 5.92 Å². The number of nitrogens with one attached hydrogen (secondary N) is 1. The molecule has 1 aromatic carbocycles. The van der Waals surface area contributed by atoms with Crippen LogP contribution < -0.4 is 0 Å². The van der Waals surface area contributed by atoms with Crippen molar-refractivity contribution in [3.05, 3.63) is 47.8 Å². The maximum absolute atomic E-state index is 11.6. The number of hydrogen-bond acceptors (Lipinski definition) is 2. The van der Waals surface area contributed by atoms with Crippen molar-refractivity contribution in [3.8, 4) is 0 Å². The normalized spacial score (nSPS) is 26.8. The van der Waals surface area contributed by atoms with Crippen molar-refractivity contribution in [2.75, 3.05) is 6.54 Å². The summed E-state index contributed by atoms with van der Waals surface area (Å²) in [7, 11) is 0. The summed E-state index contributed by atoms with van der Waals surface area (Å²) in [6.07, 6.45) is 3.78. The number of aromatic nitrogens is 1. The first-order valence-corrected chi connectivity index (χ1v) is 7.80. The molecule has 2 aromatic rings. The number of nitrogens with zero attached hydrogens (tertiary/aromatic N) is 1. The van der Waals surface area contributed by atoms with Crippen molar-refractivity contribution in [1.29, 1.82) is 0 Å². The summed E-state index contributed by atoms with van der Waals surface area (Å²) in [4.78, 5) is 17.1. The fraction of sp³-hybridized carbons (Fsp3) is 0.389. The molecule has 0 bridgehead atoms. The van der Waals surface area contributed by atoms with Crippen molar-refractivity contribution < 1.29 is 9.90 Å². The van der Waals surface area contributed by atoms with Gasteiger partial charge >= 0.3 is 5.97 Å². The molecule has 1 aromatic heterocycles. The Bertz CT molecular complexity index is 776. The highest BCUT2D eigenvalue weighted by Crippen LogP contribution is 2.45. The quantitative estimate of drug-likeness (QED) is 0.895. The van der Waals surface area contributed by atoms with Gasteiger partial charge in [-0.3, -0.25) is 4.79 Å². The van der Waals surface area contributed by atoms with E-state index < -0.39 is 5.97 Å². The lowest BCUT2D eigenvalue weighted by atomic mass is 9.72. The molecule has 2 heterocycles. The third-order valence-electron chi connectivity index (χ3n) is 5.31. The van der Waals surface area contributed by atoms with Crippen LogP contribution in [0.1, 0.15) is 30.4 Å². The number of carbonyl (C=O) groups is 1. The van der Waals surface area contributed by atoms with Gasteiger partial charge < -0.3 is 15.0 Å². The summed E-state index contributed by atoms with van der Waals surface area (Å²) >= 11 is 0. The van der Waals surface area contributed by atoms with E-state index in [1.165, 1.54) is 16.5 Å². The third-order valence-corrected chi connectivity index (χ3v) is 5.31. The number of aliphatic carboxylic acids is 1. The highest BCUT2D eigenvalue weighted by atomic mass is 16.4. The predicted molar refractivity (Wildman–Crippen MR) is 85.8 cm³/mol. The minimum absolute atomic E-state index is 0.263. The number of aromatic amines is 1. The first kappa shape index (κ1) is 13.4. The zero-order valence-corrected chi connectivity index (χ0v) is 12.7. The van der Waals surface area contributed by atoms with Crippen LogP contribution in [-0.4, -0.2) is 33.5 Å². The SMILES string of the molecule is C=C(C)N1CC(C(=O)O)C[C@@H]2c3cccc4[nH]cc(c34)C[C@H]21. The zero-order chi connectivity index (χ0) is 15.4. The fourth-order valence-corrected chi connectivity index (χ4v) is 4.31. The van der Waals surface area contributed by atoms with Crippen LogP contribution in [0.2, 0.25) is 0 Å². The van der Waals surface area contributed by atoms with E-state index in [1.54, 1.807) is 0 Å². The van der Waals surface area contributed by atoms with Crippen molar-refractivity contribution in [3.63, 3.8) is 0 Å². The van der Waals surface area contributed by atoms with Gasteiger partial charge in [0.25, 0.3) is 0 Å². The molecule has 2 N–H and O–H groups in total. The Morgan fingerprint density at radius 1 is 1.45 bits per heavy atom. The average Bonchev–Trinajstić information content (AvgIpc) is 2.91. The van der Waals surface area contributed by atoms with Crippen LogP contribution in [0.3, 0.4) is 0 Å². The Labute approximate surface area is 129 Å². The molecule has 1 unspecified atom stereocenters. The fourth-order valence-electron chi connectivity index (χ4n) is 4.31. The van der Waals surface area contributed by atoms with Crippen LogP contribution in [0.5, 0.6) is 0 Å². The Balaban J connectivity index is 1.85. The van der Waals surface area contributed by atoms with Gasteiger partial charge in [-0.15, -0.1) is 0 Å². The first-order chi connectivity index (χ1) is 10.6. The van der Waals surface area contributed by atoms with Gasteiger partial charge in [0.2, 0.25) is 0 Å². The van der Waals surface area contributed by atoms with E-state index in [-0.39, 0.29) is 11.8 Å². The second-order valence-electron chi connectivity index (χ2n) is 6.62. The lowest BCUT2D eigenvalue weighted by Gasteiger charge is -2.47. The summed E-state index contributed by atoms with van der Waals surface area (Å²) in [5.41, 5.74) is 4.76. The van der Waals surface area contributed by atoms with Gasteiger partial charge in [-0.05, 0) is 37.0 Å². The molecule has 4 heteroatoms. The Hall–Kier alpha value is -2.23. The molecule has 0 saturated carbocycles. The summed E-state index contributed by atoms with van der Waals surface area (Å²) in [6, 6.07) is 6.64. The number of piperidine rings is 1. The minimum Gasteiger partial charge on any atom is -0.481 e. The maximum atomic E-state index is 11.6. The number of hydrogen-bond donors (Lipinski definition) is 2. The highest BCUT2D eigenvalue weighted by molar-refractivity contribution is 5.88. The highest BCUT2D eigenvalue weighted by Gasteiger charge is 2.42. The maximum Gasteiger partial charge on any atom is 0.308 e. The van der Waals surface area contributed by atoms with Crippen LogP contribution in [0.15, 0.2) is 36.7 Å². The monoisotopic (exact) mass is 296 g/mol. The molecule has 4 rings (SSSR count). The van der Waals surface area contributed by atoms with Crippen LogP contribution >= 0.6 is 0 Å². The number of H-pyrrole nitrogens is 1. The molecule has 114 valence electrons. The van der Waals surface area contributed by atoms with E-state index in [0.29, 0.717) is 19.0 Å². The van der Waals surface area contributed by atoms with Gasteiger partial charge in [0, 0.05) is 41.3 Å². The Morgan fingerprint density at radius 2 is 2.27 bits per heavy atom. The first-order valence-electron chi connectivity index (χ1n) is 7.80. The summed E-state index contributed by atoms with van der Waals surface area (Å²) in [5, 5.41) is 10.8. The van der Waals surface area contributed by atoms with Crippen LogP contribution in [0.4, 0.5) is 0 Å². The number of carboxylic acid groups (broad SMARTS) is 1. The smallest absolute Gasteiger partial charge is 0.308 e. The van der Waals surface area contributed by atoms with Crippen molar-refractivity contribution >= 4 is 16.9 Å². The number of rotatable bonds is 2. The van der Waals surface area contributed by atoms with E-state index >= 15 is 0 Å². The molecule has 2 aliphatic rings. The number of benzene rings is 1. The van der Waals surface area contributed by atoms with E-state index in [2.05, 4.69) is 40.9 Å². The molecule has 1 aliphatic heterocycles. The zero-order valence-electron chi connectivity index (χ0n) is 12.7. The third kappa shape index (κ3) is 1.79. The standard InChI is InChI=1S/C18H20N2O2/c1-10(2)20-9-12(18(21)22)6-14-13-4-3-5-15-17(13)11(8-19-15)7-16(14)20/h3-5,8,12,14,16,19H,1,6-7,9H2,2H3,(H,21,22)/t12?,14-,16-/m1/s1. The molecule has 1 aliphatic carbocycles. The molecular formula is C18H20N2O2. The van der Waals surface area contributed by atoms with E-state index in [9.17, 15) is 9.90 Å². The topological polar surface area (TPSA) is 56.3 Å². The van der Waals surface area contributed by atoms with Gasteiger partial charge in [-0.1, -0.05) is 18.7 Å². The van der Waals surface area contributed by atoms with Crippen molar-refractivity contribution in [1.82, 2.24) is 9.88 Å². The molecular weight excluding hydrogens is 276 g/mol. The van der Waals surface area contributed by atoms with E-state index in [1.807, 2.05) is 6.92 Å². The Kier molecular flexibility index (Phi) is 2.83. The molecule has 22 heavy (non-hydrogen) atoms. The number of likely N-dealkylation sites (tertiary alicyclic amines) is 1. The molecule has 0 spiro atoms.